The van der Waals surface area contributed by atoms with E-state index in [-0.39, 0.29) is 0 Å². The van der Waals surface area contributed by atoms with Gasteiger partial charge in [-0.25, -0.2) is 0 Å². The Bertz CT molecular complexity index is 195. The molecule has 0 aromatic carbocycles. The number of hydrogen-bond acceptors (Lipinski definition) is 3. The molecule has 0 saturated carbocycles. The summed E-state index contributed by atoms with van der Waals surface area (Å²) in [5.41, 5.74) is 1.28. The highest BCUT2D eigenvalue weighted by molar-refractivity contribution is 5.12. The van der Waals surface area contributed by atoms with Crippen LogP contribution in [0.25, 0.3) is 0 Å². The number of nitrogens with zero attached hydrogens (tertiary/aromatic N) is 1. The van der Waals surface area contributed by atoms with Crippen molar-refractivity contribution in [2.45, 2.75) is 13.1 Å². The van der Waals surface area contributed by atoms with Crippen molar-refractivity contribution in [3.63, 3.8) is 0 Å². The second kappa shape index (κ2) is 1.94. The van der Waals surface area contributed by atoms with Crippen LogP contribution < -0.4 is 10.6 Å². The normalized spacial score (nSPS) is 28.7. The lowest BCUT2D eigenvalue weighted by molar-refractivity contribution is 0.322. The van der Waals surface area contributed by atoms with Gasteiger partial charge >= 0.3 is 0 Å². The number of fused-ring (bicyclic) bond motifs is 1. The Kier molecular flexibility index (Phi) is 1.09. The molecular formula is C7H11N3. The van der Waals surface area contributed by atoms with Gasteiger partial charge in [0, 0.05) is 24.3 Å². The van der Waals surface area contributed by atoms with Gasteiger partial charge in [-0.15, -0.1) is 0 Å². The Morgan fingerprint density at radius 1 is 1.70 bits per heavy atom. The zero-order valence-electron chi connectivity index (χ0n) is 5.96. The molecule has 0 aromatic heterocycles. The zero-order chi connectivity index (χ0) is 6.97. The molecule has 2 heterocycles. The summed E-state index contributed by atoms with van der Waals surface area (Å²) < 4.78 is 0. The van der Waals surface area contributed by atoms with Crippen molar-refractivity contribution in [2.24, 2.45) is 0 Å². The van der Waals surface area contributed by atoms with Crippen LogP contribution in [0.2, 0.25) is 0 Å². The third-order valence-electron chi connectivity index (χ3n) is 1.89. The van der Waals surface area contributed by atoms with Gasteiger partial charge < -0.3 is 15.5 Å². The zero-order valence-corrected chi connectivity index (χ0v) is 5.96. The molecule has 0 aromatic rings. The number of hydrogen-bond donors (Lipinski definition) is 2. The van der Waals surface area contributed by atoms with Gasteiger partial charge in [0.1, 0.15) is 6.17 Å². The standard InChI is InChI=1S/C7H11N3/c1-6-4-9-7-5-8-2-3-10(6)7/h2-4,7-9H,5H2,1H3. The molecule has 0 bridgehead atoms. The number of nitrogens with one attached hydrogen (secondary N) is 2. The van der Waals surface area contributed by atoms with Crippen molar-refractivity contribution in [1.82, 2.24) is 15.5 Å². The van der Waals surface area contributed by atoms with E-state index in [1.807, 2.05) is 12.4 Å². The smallest absolute Gasteiger partial charge is 0.120 e. The molecule has 0 fully saturated rings. The van der Waals surface area contributed by atoms with E-state index in [4.69, 9.17) is 0 Å². The molecule has 0 radical (unpaired) electrons. The quantitative estimate of drug-likeness (QED) is 0.498. The van der Waals surface area contributed by atoms with E-state index in [9.17, 15) is 0 Å². The largest absolute Gasteiger partial charge is 0.386 e. The maximum atomic E-state index is 3.26. The SMILES string of the molecule is CC1=CNC2CNC=CN12. The first kappa shape index (κ1) is 5.65. The lowest BCUT2D eigenvalue weighted by atomic mass is 10.4. The van der Waals surface area contributed by atoms with Crippen LogP contribution in [0.4, 0.5) is 0 Å². The third-order valence-corrected chi connectivity index (χ3v) is 1.89. The first-order valence-corrected chi connectivity index (χ1v) is 3.49. The molecule has 0 spiro atoms. The average Bonchev–Trinajstić information content (AvgIpc) is 2.34. The lowest BCUT2D eigenvalue weighted by Gasteiger charge is -2.27. The fraction of sp³-hybridized carbons (Fsp3) is 0.429. The highest BCUT2D eigenvalue weighted by Gasteiger charge is 2.21. The second-order valence-electron chi connectivity index (χ2n) is 2.60. The van der Waals surface area contributed by atoms with Crippen molar-refractivity contribution in [3.8, 4) is 0 Å². The molecule has 2 N–H and O–H groups in total. The molecule has 54 valence electrons. The van der Waals surface area contributed by atoms with Crippen molar-refractivity contribution >= 4 is 0 Å². The third kappa shape index (κ3) is 0.667. The molecule has 0 saturated heterocycles. The Labute approximate surface area is 60.4 Å². The lowest BCUT2D eigenvalue weighted by Crippen LogP contribution is -2.43. The molecule has 3 nitrogen and oxygen atoms in total. The summed E-state index contributed by atoms with van der Waals surface area (Å²) in [6, 6.07) is 0. The maximum absolute atomic E-state index is 3.26. The highest BCUT2D eigenvalue weighted by Crippen LogP contribution is 2.14. The minimum atomic E-state index is 0.435. The Morgan fingerprint density at radius 2 is 2.60 bits per heavy atom. The molecule has 2 aliphatic rings. The molecule has 0 amide bonds. The van der Waals surface area contributed by atoms with Crippen LogP contribution in [0.15, 0.2) is 24.3 Å². The van der Waals surface area contributed by atoms with E-state index in [0.29, 0.717) is 6.17 Å². The topological polar surface area (TPSA) is 27.3 Å². The van der Waals surface area contributed by atoms with Crippen molar-refractivity contribution in [3.05, 3.63) is 24.3 Å². The summed E-state index contributed by atoms with van der Waals surface area (Å²) in [4.78, 5) is 2.22. The molecule has 0 aliphatic carbocycles. The number of rotatable bonds is 0. The minimum absolute atomic E-state index is 0.435. The fourth-order valence-corrected chi connectivity index (χ4v) is 1.31. The van der Waals surface area contributed by atoms with Crippen LogP contribution in [0.1, 0.15) is 6.92 Å². The first-order valence-electron chi connectivity index (χ1n) is 3.49. The summed E-state index contributed by atoms with van der Waals surface area (Å²) >= 11 is 0. The summed E-state index contributed by atoms with van der Waals surface area (Å²) in [7, 11) is 0. The van der Waals surface area contributed by atoms with Gasteiger partial charge in [-0.1, -0.05) is 0 Å². The summed E-state index contributed by atoms with van der Waals surface area (Å²) in [6.07, 6.45) is 6.51. The second-order valence-corrected chi connectivity index (χ2v) is 2.60. The predicted molar refractivity (Wildman–Crippen MR) is 39.7 cm³/mol. The van der Waals surface area contributed by atoms with Gasteiger partial charge in [-0.3, -0.25) is 0 Å². The van der Waals surface area contributed by atoms with Crippen LogP contribution in [-0.4, -0.2) is 17.6 Å². The summed E-state index contributed by atoms with van der Waals surface area (Å²) in [5.74, 6) is 0. The van der Waals surface area contributed by atoms with Crippen molar-refractivity contribution in [2.75, 3.05) is 6.54 Å². The van der Waals surface area contributed by atoms with Crippen molar-refractivity contribution in [1.29, 1.82) is 0 Å². The maximum Gasteiger partial charge on any atom is 0.120 e. The molecule has 3 heteroatoms. The summed E-state index contributed by atoms with van der Waals surface area (Å²) in [6.45, 7) is 3.08. The van der Waals surface area contributed by atoms with Crippen LogP contribution in [0, 0.1) is 0 Å². The van der Waals surface area contributed by atoms with Gasteiger partial charge in [-0.2, -0.15) is 0 Å². The average molecular weight is 137 g/mol. The Hall–Kier alpha value is -1.12. The summed E-state index contributed by atoms with van der Waals surface area (Å²) in [5, 5.41) is 6.42. The molecule has 1 unspecified atom stereocenters. The fourth-order valence-electron chi connectivity index (χ4n) is 1.31. The van der Waals surface area contributed by atoms with Gasteiger partial charge in [0.25, 0.3) is 0 Å². The Morgan fingerprint density at radius 3 is 3.40 bits per heavy atom. The van der Waals surface area contributed by atoms with E-state index >= 15 is 0 Å². The highest BCUT2D eigenvalue weighted by atomic mass is 15.3. The van der Waals surface area contributed by atoms with Crippen LogP contribution in [0.5, 0.6) is 0 Å². The van der Waals surface area contributed by atoms with E-state index < -0.39 is 0 Å². The van der Waals surface area contributed by atoms with Gasteiger partial charge in [0.05, 0.1) is 6.54 Å². The van der Waals surface area contributed by atoms with E-state index in [1.54, 1.807) is 0 Å². The van der Waals surface area contributed by atoms with Gasteiger partial charge in [0.15, 0.2) is 0 Å². The van der Waals surface area contributed by atoms with E-state index in [1.165, 1.54) is 5.70 Å². The monoisotopic (exact) mass is 137 g/mol. The molecule has 2 aliphatic heterocycles. The van der Waals surface area contributed by atoms with Gasteiger partial charge in [-0.05, 0) is 6.92 Å². The predicted octanol–water partition coefficient (Wildman–Crippen LogP) is 0.153. The van der Waals surface area contributed by atoms with E-state index in [2.05, 4.69) is 28.7 Å². The van der Waals surface area contributed by atoms with Crippen LogP contribution in [-0.2, 0) is 0 Å². The van der Waals surface area contributed by atoms with Crippen LogP contribution >= 0.6 is 0 Å². The van der Waals surface area contributed by atoms with Crippen molar-refractivity contribution < 1.29 is 0 Å². The molecule has 10 heavy (non-hydrogen) atoms. The number of allylic oxidation sites excluding steroid dienone is 1. The van der Waals surface area contributed by atoms with E-state index in [0.717, 1.165) is 6.54 Å². The Balaban J connectivity index is 2.21. The first-order chi connectivity index (χ1) is 4.88. The molecule has 1 atom stereocenters. The van der Waals surface area contributed by atoms with Crippen LogP contribution in [0.3, 0.4) is 0 Å². The molecule has 2 rings (SSSR count). The molecular weight excluding hydrogens is 126 g/mol. The van der Waals surface area contributed by atoms with Gasteiger partial charge in [0.2, 0.25) is 0 Å². The minimum Gasteiger partial charge on any atom is -0.386 e.